The molecule has 0 aliphatic carbocycles. The highest BCUT2D eigenvalue weighted by molar-refractivity contribution is 7.99. The Kier molecular flexibility index (Phi) is 4.14. The molecule has 0 spiro atoms. The van der Waals surface area contributed by atoms with Gasteiger partial charge in [0.25, 0.3) is 5.92 Å². The Bertz CT molecular complexity index is 316. The van der Waals surface area contributed by atoms with Gasteiger partial charge in [-0.15, -0.1) is 11.8 Å². The summed E-state index contributed by atoms with van der Waals surface area (Å²) >= 11 is 1.23. The van der Waals surface area contributed by atoms with Crippen LogP contribution in [0.25, 0.3) is 0 Å². The maximum Gasteiger partial charge on any atom is 0.254 e. The zero-order valence-corrected chi connectivity index (χ0v) is 10.1. The first kappa shape index (κ1) is 12.5. The number of thioether (sulfide) groups is 1. The van der Waals surface area contributed by atoms with Crippen LogP contribution >= 0.6 is 11.8 Å². The Morgan fingerprint density at radius 3 is 2.40 bits per heavy atom. The Morgan fingerprint density at radius 2 is 1.87 bits per heavy atom. The summed E-state index contributed by atoms with van der Waals surface area (Å²) in [5.74, 6) is -2.38. The maximum atomic E-state index is 12.7. The highest BCUT2D eigenvalue weighted by atomic mass is 32.2. The summed E-state index contributed by atoms with van der Waals surface area (Å²) in [4.78, 5) is 0.967. The predicted molar refractivity (Wildman–Crippen MR) is 61.9 cm³/mol. The lowest BCUT2D eigenvalue weighted by atomic mass is 10.0. The third kappa shape index (κ3) is 4.20. The number of halogens is 2. The average molecular weight is 230 g/mol. The fourth-order valence-corrected chi connectivity index (χ4v) is 2.35. The van der Waals surface area contributed by atoms with Gasteiger partial charge in [-0.1, -0.05) is 32.0 Å². The predicted octanol–water partition coefficient (Wildman–Crippen LogP) is 4.56. The lowest BCUT2D eigenvalue weighted by molar-refractivity contribution is 0.0492. The molecule has 0 aliphatic heterocycles. The highest BCUT2D eigenvalue weighted by Gasteiger charge is 2.21. The van der Waals surface area contributed by atoms with E-state index in [4.69, 9.17) is 0 Å². The van der Waals surface area contributed by atoms with Crippen LogP contribution in [0.3, 0.4) is 0 Å². The van der Waals surface area contributed by atoms with E-state index in [0.717, 1.165) is 17.4 Å². The molecule has 1 aromatic carbocycles. The fraction of sp³-hybridized carbons (Fsp3) is 0.500. The van der Waals surface area contributed by atoms with Gasteiger partial charge in [0.15, 0.2) is 0 Å². The van der Waals surface area contributed by atoms with Crippen LogP contribution in [-0.2, 0) is 0 Å². The van der Waals surface area contributed by atoms with E-state index in [9.17, 15) is 8.78 Å². The molecule has 0 aromatic heterocycles. The Morgan fingerprint density at radius 1 is 1.27 bits per heavy atom. The molecule has 0 fully saturated rings. The van der Waals surface area contributed by atoms with Crippen molar-refractivity contribution in [2.75, 3.05) is 5.75 Å². The summed E-state index contributed by atoms with van der Waals surface area (Å²) in [6, 6.07) is 7.75. The summed E-state index contributed by atoms with van der Waals surface area (Å²) in [5, 5.41) is 0. The van der Waals surface area contributed by atoms with Gasteiger partial charge in [-0.2, -0.15) is 0 Å². The minimum atomic E-state index is -2.60. The maximum absolute atomic E-state index is 12.7. The topological polar surface area (TPSA) is 0 Å². The largest absolute Gasteiger partial charge is 0.254 e. The van der Waals surface area contributed by atoms with Crippen molar-refractivity contribution in [1.29, 1.82) is 0 Å². The van der Waals surface area contributed by atoms with E-state index in [1.165, 1.54) is 11.8 Å². The van der Waals surface area contributed by atoms with Crippen molar-refractivity contribution >= 4 is 11.8 Å². The summed E-state index contributed by atoms with van der Waals surface area (Å²) in [7, 11) is 0. The Balaban J connectivity index is 2.76. The van der Waals surface area contributed by atoms with Crippen LogP contribution in [0.1, 0.15) is 32.3 Å². The van der Waals surface area contributed by atoms with Gasteiger partial charge >= 0.3 is 0 Å². The molecule has 0 atom stereocenters. The molecule has 0 bridgehead atoms. The van der Waals surface area contributed by atoms with E-state index in [0.29, 0.717) is 5.92 Å². The van der Waals surface area contributed by atoms with E-state index in [1.807, 2.05) is 24.3 Å². The van der Waals surface area contributed by atoms with Gasteiger partial charge in [-0.3, -0.25) is 0 Å². The van der Waals surface area contributed by atoms with Crippen LogP contribution < -0.4 is 0 Å². The molecule has 15 heavy (non-hydrogen) atoms. The summed E-state index contributed by atoms with van der Waals surface area (Å²) in [6.45, 7) is 5.10. The van der Waals surface area contributed by atoms with Gasteiger partial charge in [0.1, 0.15) is 0 Å². The van der Waals surface area contributed by atoms with Crippen molar-refractivity contribution in [3.05, 3.63) is 29.8 Å². The van der Waals surface area contributed by atoms with Gasteiger partial charge < -0.3 is 0 Å². The normalized spacial score (nSPS) is 12.1. The number of alkyl halides is 2. The molecule has 0 radical (unpaired) electrons. The van der Waals surface area contributed by atoms with E-state index in [-0.39, 0.29) is 5.75 Å². The number of benzene rings is 1. The van der Waals surface area contributed by atoms with Crippen LogP contribution in [0.2, 0.25) is 0 Å². The van der Waals surface area contributed by atoms with Crippen molar-refractivity contribution in [3.8, 4) is 0 Å². The molecular formula is C12H16F2S. The van der Waals surface area contributed by atoms with Gasteiger partial charge in [-0.05, 0) is 17.5 Å². The first-order valence-corrected chi connectivity index (χ1v) is 5.98. The molecule has 3 heteroatoms. The number of hydrogen-bond acceptors (Lipinski definition) is 1. The fourth-order valence-electron chi connectivity index (χ4n) is 1.29. The van der Waals surface area contributed by atoms with E-state index < -0.39 is 5.92 Å². The molecule has 0 nitrogen and oxygen atoms in total. The van der Waals surface area contributed by atoms with Crippen LogP contribution in [0, 0.1) is 0 Å². The molecular weight excluding hydrogens is 214 g/mol. The third-order valence-corrected chi connectivity index (χ3v) is 3.36. The molecule has 0 unspecified atom stereocenters. The average Bonchev–Trinajstić information content (AvgIpc) is 2.14. The second kappa shape index (κ2) is 4.97. The number of hydrogen-bond donors (Lipinski definition) is 0. The minimum Gasteiger partial charge on any atom is -0.206 e. The van der Waals surface area contributed by atoms with E-state index in [2.05, 4.69) is 13.8 Å². The minimum absolute atomic E-state index is 0.156. The zero-order valence-electron chi connectivity index (χ0n) is 9.26. The molecule has 0 aliphatic rings. The lowest BCUT2D eigenvalue weighted by Gasteiger charge is -2.14. The van der Waals surface area contributed by atoms with E-state index >= 15 is 0 Å². The first-order valence-electron chi connectivity index (χ1n) is 5.00. The summed E-state index contributed by atoms with van der Waals surface area (Å²) < 4.78 is 25.4. The third-order valence-electron chi connectivity index (χ3n) is 2.02. The molecule has 1 aromatic rings. The Hall–Kier alpha value is -0.570. The summed E-state index contributed by atoms with van der Waals surface area (Å²) in [6.07, 6.45) is 0. The zero-order chi connectivity index (χ0) is 11.5. The standard InChI is InChI=1S/C12H16F2S/c1-9(2)10-6-4-5-7-11(10)15-8-12(3,13)14/h4-7,9H,8H2,1-3H3. The smallest absolute Gasteiger partial charge is 0.206 e. The molecule has 84 valence electrons. The lowest BCUT2D eigenvalue weighted by Crippen LogP contribution is -2.13. The van der Waals surface area contributed by atoms with Gasteiger partial charge in [0, 0.05) is 11.8 Å². The van der Waals surface area contributed by atoms with Crippen LogP contribution in [0.5, 0.6) is 0 Å². The van der Waals surface area contributed by atoms with Crippen LogP contribution in [-0.4, -0.2) is 11.7 Å². The molecule has 0 saturated carbocycles. The molecule has 0 amide bonds. The van der Waals surface area contributed by atoms with Crippen molar-refractivity contribution in [2.45, 2.75) is 37.5 Å². The van der Waals surface area contributed by atoms with Crippen LogP contribution in [0.15, 0.2) is 29.2 Å². The number of rotatable bonds is 4. The van der Waals surface area contributed by atoms with Gasteiger partial charge in [0.05, 0.1) is 5.75 Å². The van der Waals surface area contributed by atoms with Gasteiger partial charge in [0.2, 0.25) is 0 Å². The quantitative estimate of drug-likeness (QED) is 0.683. The van der Waals surface area contributed by atoms with Crippen molar-refractivity contribution in [1.82, 2.24) is 0 Å². The SMILES string of the molecule is CC(C)c1ccccc1SCC(C)(F)F. The first-order chi connectivity index (χ1) is 6.90. The Labute approximate surface area is 94.1 Å². The van der Waals surface area contributed by atoms with Crippen molar-refractivity contribution in [2.24, 2.45) is 0 Å². The van der Waals surface area contributed by atoms with Crippen molar-refractivity contribution < 1.29 is 8.78 Å². The summed E-state index contributed by atoms with van der Waals surface area (Å²) in [5.41, 5.74) is 1.15. The van der Waals surface area contributed by atoms with Crippen molar-refractivity contribution in [3.63, 3.8) is 0 Å². The monoisotopic (exact) mass is 230 g/mol. The second-order valence-corrected chi connectivity index (χ2v) is 5.07. The molecule has 1 rings (SSSR count). The molecule has 0 saturated heterocycles. The highest BCUT2D eigenvalue weighted by Crippen LogP contribution is 2.31. The van der Waals surface area contributed by atoms with Crippen LogP contribution in [0.4, 0.5) is 8.78 Å². The molecule has 0 heterocycles. The second-order valence-electron chi connectivity index (χ2n) is 4.05. The van der Waals surface area contributed by atoms with E-state index in [1.54, 1.807) is 0 Å². The van der Waals surface area contributed by atoms with Gasteiger partial charge in [-0.25, -0.2) is 8.78 Å². The molecule has 0 N–H and O–H groups in total.